The first-order chi connectivity index (χ1) is 13.6. The molecule has 0 saturated carbocycles. The average molecular weight is 427 g/mol. The van der Waals surface area contributed by atoms with Crippen molar-refractivity contribution in [3.8, 4) is 0 Å². The summed E-state index contributed by atoms with van der Waals surface area (Å²) >= 11 is 12.2. The molecule has 2 atom stereocenters. The molecule has 1 aromatic carbocycles. The Morgan fingerprint density at radius 3 is 2.68 bits per heavy atom. The van der Waals surface area contributed by atoms with Gasteiger partial charge in [-0.05, 0) is 30.5 Å². The highest BCUT2D eigenvalue weighted by molar-refractivity contribution is 6.42. The number of hydrogen-bond acceptors (Lipinski definition) is 5. The van der Waals surface area contributed by atoms with Crippen molar-refractivity contribution in [2.75, 3.05) is 70.5 Å². The van der Waals surface area contributed by atoms with Crippen molar-refractivity contribution in [1.82, 2.24) is 15.1 Å². The van der Waals surface area contributed by atoms with Crippen LogP contribution in [0.15, 0.2) is 18.2 Å². The van der Waals surface area contributed by atoms with Crippen molar-refractivity contribution in [3.63, 3.8) is 0 Å². The van der Waals surface area contributed by atoms with E-state index >= 15 is 0 Å². The summed E-state index contributed by atoms with van der Waals surface area (Å²) in [6.07, 6.45) is 1.14. The Balaban J connectivity index is 1.28. The summed E-state index contributed by atoms with van der Waals surface area (Å²) in [7, 11) is 0. The molecule has 1 aromatic rings. The first kappa shape index (κ1) is 20.2. The van der Waals surface area contributed by atoms with Gasteiger partial charge in [-0.3, -0.25) is 9.69 Å². The van der Waals surface area contributed by atoms with Gasteiger partial charge >= 0.3 is 0 Å². The van der Waals surface area contributed by atoms with E-state index in [9.17, 15) is 4.79 Å². The van der Waals surface area contributed by atoms with Crippen LogP contribution in [0.3, 0.4) is 0 Å². The van der Waals surface area contributed by atoms with Crippen molar-refractivity contribution in [2.45, 2.75) is 12.5 Å². The van der Waals surface area contributed by atoms with Gasteiger partial charge in [0.1, 0.15) is 0 Å². The fourth-order valence-electron chi connectivity index (χ4n) is 4.32. The van der Waals surface area contributed by atoms with Gasteiger partial charge in [0.15, 0.2) is 0 Å². The molecule has 1 N–H and O–H groups in total. The van der Waals surface area contributed by atoms with Crippen molar-refractivity contribution < 1.29 is 9.53 Å². The Labute approximate surface area is 176 Å². The molecule has 0 aromatic heterocycles. The minimum Gasteiger partial charge on any atom is -0.381 e. The van der Waals surface area contributed by atoms with Crippen LogP contribution in [-0.4, -0.2) is 87.3 Å². The predicted octanol–water partition coefficient (Wildman–Crippen LogP) is 1.95. The highest BCUT2D eigenvalue weighted by Crippen LogP contribution is 2.28. The van der Waals surface area contributed by atoms with Crippen molar-refractivity contribution in [1.29, 1.82) is 0 Å². The number of carbonyl (C=O) groups excluding carboxylic acids is 1. The maximum absolute atomic E-state index is 13.0. The molecule has 3 fully saturated rings. The molecule has 28 heavy (non-hydrogen) atoms. The minimum atomic E-state index is -0.104. The Kier molecular flexibility index (Phi) is 6.63. The van der Waals surface area contributed by atoms with Gasteiger partial charge in [-0.25, -0.2) is 0 Å². The van der Waals surface area contributed by atoms with Crippen molar-refractivity contribution in [3.05, 3.63) is 28.2 Å². The highest BCUT2D eigenvalue weighted by atomic mass is 35.5. The van der Waals surface area contributed by atoms with Gasteiger partial charge in [0, 0.05) is 64.7 Å². The van der Waals surface area contributed by atoms with Crippen LogP contribution in [0.5, 0.6) is 0 Å². The van der Waals surface area contributed by atoms with E-state index in [2.05, 4.69) is 15.1 Å². The number of anilines is 1. The van der Waals surface area contributed by atoms with Crippen molar-refractivity contribution in [2.24, 2.45) is 5.92 Å². The number of benzene rings is 1. The summed E-state index contributed by atoms with van der Waals surface area (Å²) in [4.78, 5) is 19.7. The quantitative estimate of drug-likeness (QED) is 0.796. The SMILES string of the molecule is O=C([C@H]1CN(CC2CCOC2)CCN1)N1CCN(c2ccc(Cl)c(Cl)c2)CC1. The summed E-state index contributed by atoms with van der Waals surface area (Å²) in [6.45, 7) is 8.51. The molecular weight excluding hydrogens is 399 g/mol. The lowest BCUT2D eigenvalue weighted by atomic mass is 10.1. The number of carbonyl (C=O) groups is 1. The Morgan fingerprint density at radius 2 is 1.96 bits per heavy atom. The number of piperazine rings is 2. The minimum absolute atomic E-state index is 0.104. The van der Waals surface area contributed by atoms with Gasteiger partial charge < -0.3 is 19.9 Å². The van der Waals surface area contributed by atoms with Gasteiger partial charge in [-0.1, -0.05) is 23.2 Å². The number of hydrogen-bond donors (Lipinski definition) is 1. The van der Waals surface area contributed by atoms with Crippen LogP contribution in [0.4, 0.5) is 5.69 Å². The van der Waals surface area contributed by atoms with E-state index in [-0.39, 0.29) is 11.9 Å². The van der Waals surface area contributed by atoms with Crippen LogP contribution in [0, 0.1) is 5.92 Å². The molecule has 0 radical (unpaired) electrons. The Hall–Kier alpha value is -1.05. The summed E-state index contributed by atoms with van der Waals surface area (Å²) in [6, 6.07) is 5.60. The largest absolute Gasteiger partial charge is 0.381 e. The first-order valence-corrected chi connectivity index (χ1v) is 10.9. The van der Waals surface area contributed by atoms with E-state index in [1.54, 1.807) is 0 Å². The zero-order chi connectivity index (χ0) is 19.5. The lowest BCUT2D eigenvalue weighted by Gasteiger charge is -2.40. The molecule has 3 heterocycles. The van der Waals surface area contributed by atoms with E-state index in [0.29, 0.717) is 16.0 Å². The topological polar surface area (TPSA) is 48.1 Å². The molecule has 4 rings (SSSR count). The molecule has 0 bridgehead atoms. The Bertz CT molecular complexity index is 691. The monoisotopic (exact) mass is 426 g/mol. The summed E-state index contributed by atoms with van der Waals surface area (Å²) < 4.78 is 5.49. The third-order valence-electron chi connectivity index (χ3n) is 5.96. The van der Waals surface area contributed by atoms with Gasteiger partial charge in [0.05, 0.1) is 22.7 Å². The number of nitrogens with one attached hydrogen (secondary N) is 1. The zero-order valence-corrected chi connectivity index (χ0v) is 17.6. The Morgan fingerprint density at radius 1 is 1.14 bits per heavy atom. The van der Waals surface area contributed by atoms with E-state index in [1.165, 1.54) is 0 Å². The molecule has 8 heteroatoms. The predicted molar refractivity (Wildman–Crippen MR) is 112 cm³/mol. The van der Waals surface area contributed by atoms with Gasteiger partial charge in [0.2, 0.25) is 5.91 Å². The van der Waals surface area contributed by atoms with Gasteiger partial charge in [0.25, 0.3) is 0 Å². The zero-order valence-electron chi connectivity index (χ0n) is 16.1. The van der Waals surface area contributed by atoms with Gasteiger partial charge in [-0.2, -0.15) is 0 Å². The molecule has 154 valence electrons. The van der Waals surface area contributed by atoms with Crippen LogP contribution in [0.1, 0.15) is 6.42 Å². The second-order valence-corrected chi connectivity index (χ2v) is 8.72. The smallest absolute Gasteiger partial charge is 0.241 e. The molecule has 1 amide bonds. The fourth-order valence-corrected chi connectivity index (χ4v) is 4.61. The second-order valence-electron chi connectivity index (χ2n) is 7.91. The molecule has 3 aliphatic rings. The van der Waals surface area contributed by atoms with Crippen LogP contribution in [-0.2, 0) is 9.53 Å². The van der Waals surface area contributed by atoms with Gasteiger partial charge in [-0.15, -0.1) is 0 Å². The second kappa shape index (κ2) is 9.18. The van der Waals surface area contributed by atoms with Crippen LogP contribution in [0.25, 0.3) is 0 Å². The number of nitrogens with zero attached hydrogens (tertiary/aromatic N) is 3. The summed E-state index contributed by atoms with van der Waals surface area (Å²) in [5, 5.41) is 4.55. The molecule has 3 aliphatic heterocycles. The lowest BCUT2D eigenvalue weighted by Crippen LogP contribution is -2.60. The average Bonchev–Trinajstić information content (AvgIpc) is 3.23. The van der Waals surface area contributed by atoms with E-state index in [0.717, 1.165) is 77.7 Å². The molecule has 3 saturated heterocycles. The molecule has 1 unspecified atom stereocenters. The van der Waals surface area contributed by atoms with Crippen LogP contribution >= 0.6 is 23.2 Å². The van der Waals surface area contributed by atoms with E-state index < -0.39 is 0 Å². The van der Waals surface area contributed by atoms with Crippen LogP contribution in [0.2, 0.25) is 10.0 Å². The third kappa shape index (κ3) is 4.74. The maximum Gasteiger partial charge on any atom is 0.241 e. The molecule has 6 nitrogen and oxygen atoms in total. The standard InChI is InChI=1S/C20H28Cl2N4O2/c21-17-2-1-16(11-18(17)22)25-6-8-26(9-7-25)20(27)19-13-24(5-4-23-19)12-15-3-10-28-14-15/h1-2,11,15,19,23H,3-10,12-14H2/t15?,19-/m1/s1. The fraction of sp³-hybridized carbons (Fsp3) is 0.650. The molecule has 0 aliphatic carbocycles. The first-order valence-electron chi connectivity index (χ1n) is 10.1. The van der Waals surface area contributed by atoms with Crippen molar-refractivity contribution >= 4 is 34.8 Å². The van der Waals surface area contributed by atoms with E-state index in [4.69, 9.17) is 27.9 Å². The third-order valence-corrected chi connectivity index (χ3v) is 6.70. The molecule has 0 spiro atoms. The maximum atomic E-state index is 13.0. The number of halogens is 2. The molecular formula is C20H28Cl2N4O2. The summed E-state index contributed by atoms with van der Waals surface area (Å²) in [5.41, 5.74) is 1.06. The number of amides is 1. The highest BCUT2D eigenvalue weighted by Gasteiger charge is 2.32. The summed E-state index contributed by atoms with van der Waals surface area (Å²) in [5.74, 6) is 0.838. The number of ether oxygens (including phenoxy) is 1. The lowest BCUT2D eigenvalue weighted by molar-refractivity contribution is -0.135. The number of rotatable bonds is 4. The normalized spacial score (nSPS) is 26.6. The van der Waals surface area contributed by atoms with Crippen LogP contribution < -0.4 is 10.2 Å². The van der Waals surface area contributed by atoms with E-state index in [1.807, 2.05) is 23.1 Å².